The number of hydrogen-bond donors (Lipinski definition) is 2. The molecule has 2 aromatic carbocycles. The monoisotopic (exact) mass is 375 g/mol. The molecule has 0 bridgehead atoms. The highest BCUT2D eigenvalue weighted by atomic mass is 35.5. The number of aliphatic hydroxyl groups is 1. The van der Waals surface area contributed by atoms with Gasteiger partial charge in [-0.3, -0.25) is 4.79 Å². The number of rotatable bonds is 5. The van der Waals surface area contributed by atoms with Crippen LogP contribution in [0.15, 0.2) is 48.5 Å². The molecule has 25 heavy (non-hydrogen) atoms. The van der Waals surface area contributed by atoms with E-state index in [-0.39, 0.29) is 12.5 Å². The van der Waals surface area contributed by atoms with Gasteiger partial charge in [0, 0.05) is 14.6 Å². The predicted octanol–water partition coefficient (Wildman–Crippen LogP) is 4.20. The largest absolute Gasteiger partial charge is 0.496 e. The average molecular weight is 376 g/mol. The summed E-state index contributed by atoms with van der Waals surface area (Å²) >= 11 is 7.48. The van der Waals surface area contributed by atoms with Crippen molar-refractivity contribution in [3.8, 4) is 5.75 Å². The molecule has 2 N–H and O–H groups in total. The zero-order chi connectivity index (χ0) is 18.0. The Bertz CT molecular complexity index is 887. The Balaban J connectivity index is 1.77. The van der Waals surface area contributed by atoms with Gasteiger partial charge in [-0.2, -0.15) is 0 Å². The lowest BCUT2D eigenvalue weighted by molar-refractivity contribution is 0.0556. The van der Waals surface area contributed by atoms with E-state index >= 15 is 0 Å². The molecule has 0 radical (unpaired) electrons. The van der Waals surface area contributed by atoms with Crippen LogP contribution in [-0.4, -0.2) is 24.7 Å². The molecule has 4 nitrogen and oxygen atoms in total. The first-order valence-corrected chi connectivity index (χ1v) is 8.93. The Kier molecular flexibility index (Phi) is 4.99. The van der Waals surface area contributed by atoms with Crippen LogP contribution in [0.2, 0.25) is 5.02 Å². The van der Waals surface area contributed by atoms with Crippen LogP contribution in [0.4, 0.5) is 0 Å². The van der Waals surface area contributed by atoms with Crippen molar-refractivity contribution < 1.29 is 14.6 Å². The van der Waals surface area contributed by atoms with Crippen molar-refractivity contribution in [3.05, 3.63) is 64.0 Å². The highest BCUT2D eigenvalue weighted by Crippen LogP contribution is 2.33. The fraction of sp³-hybridized carbons (Fsp3) is 0.211. The van der Waals surface area contributed by atoms with Gasteiger partial charge in [0.15, 0.2) is 0 Å². The summed E-state index contributed by atoms with van der Waals surface area (Å²) in [5.41, 5.74) is -0.840. The summed E-state index contributed by atoms with van der Waals surface area (Å²) in [7, 11) is 1.49. The van der Waals surface area contributed by atoms with Crippen LogP contribution >= 0.6 is 22.9 Å². The number of hydrogen-bond acceptors (Lipinski definition) is 4. The molecule has 3 rings (SSSR count). The van der Waals surface area contributed by atoms with Crippen LogP contribution < -0.4 is 10.1 Å². The second-order valence-corrected chi connectivity index (χ2v) is 7.47. The lowest BCUT2D eigenvalue weighted by atomic mass is 10.0. The number of carbonyl (C=O) groups is 1. The van der Waals surface area contributed by atoms with Gasteiger partial charge in [0.2, 0.25) is 0 Å². The summed E-state index contributed by atoms with van der Waals surface area (Å²) in [6, 6.07) is 14.7. The number of methoxy groups -OCH3 is 1. The third kappa shape index (κ3) is 3.79. The van der Waals surface area contributed by atoms with Gasteiger partial charge < -0.3 is 15.2 Å². The molecular formula is C19H18ClNO3S. The highest BCUT2D eigenvalue weighted by Gasteiger charge is 2.27. The molecular weight excluding hydrogens is 358 g/mol. The van der Waals surface area contributed by atoms with Crippen LogP contribution in [0.3, 0.4) is 0 Å². The molecule has 1 unspecified atom stereocenters. The van der Waals surface area contributed by atoms with Crippen molar-refractivity contribution in [2.75, 3.05) is 13.7 Å². The molecule has 1 aromatic heterocycles. The summed E-state index contributed by atoms with van der Waals surface area (Å²) in [5, 5.41) is 15.1. The summed E-state index contributed by atoms with van der Waals surface area (Å²) in [6.07, 6.45) is 0. The average Bonchev–Trinajstić information content (AvgIpc) is 3.05. The lowest BCUT2D eigenvalue weighted by Gasteiger charge is -2.22. The van der Waals surface area contributed by atoms with Crippen LogP contribution in [0.5, 0.6) is 5.75 Å². The first-order chi connectivity index (χ1) is 11.9. The summed E-state index contributed by atoms with van der Waals surface area (Å²) in [6.45, 7) is 1.77. The van der Waals surface area contributed by atoms with Crippen molar-refractivity contribution in [1.82, 2.24) is 5.32 Å². The SMILES string of the molecule is COc1ccc(Cl)cc1C(=O)NCC(C)(O)c1cc2ccccc2s1. The number of nitrogens with one attached hydrogen (secondary N) is 1. The van der Waals surface area contributed by atoms with Crippen molar-refractivity contribution in [3.63, 3.8) is 0 Å². The van der Waals surface area contributed by atoms with Gasteiger partial charge in [0.25, 0.3) is 5.91 Å². The minimum atomic E-state index is -1.18. The lowest BCUT2D eigenvalue weighted by Crippen LogP contribution is -2.38. The summed E-state index contributed by atoms with van der Waals surface area (Å²) in [5.74, 6) is 0.0872. The second kappa shape index (κ2) is 7.04. The molecule has 0 fully saturated rings. The molecule has 0 aliphatic carbocycles. The Hall–Kier alpha value is -2.08. The van der Waals surface area contributed by atoms with E-state index in [1.165, 1.54) is 18.4 Å². The minimum absolute atomic E-state index is 0.0777. The van der Waals surface area contributed by atoms with E-state index in [2.05, 4.69) is 5.32 Å². The van der Waals surface area contributed by atoms with Gasteiger partial charge in [-0.1, -0.05) is 29.8 Å². The van der Waals surface area contributed by atoms with Crippen LogP contribution in [-0.2, 0) is 5.60 Å². The molecule has 0 aliphatic heterocycles. The van der Waals surface area contributed by atoms with Gasteiger partial charge >= 0.3 is 0 Å². The smallest absolute Gasteiger partial charge is 0.255 e. The number of ether oxygens (including phenoxy) is 1. The molecule has 0 saturated carbocycles. The third-order valence-electron chi connectivity index (χ3n) is 3.96. The maximum Gasteiger partial charge on any atom is 0.255 e. The van der Waals surface area contributed by atoms with E-state index in [0.717, 1.165) is 15.0 Å². The summed E-state index contributed by atoms with van der Waals surface area (Å²) in [4.78, 5) is 13.3. The Morgan fingerprint density at radius 2 is 2.04 bits per heavy atom. The third-order valence-corrected chi connectivity index (χ3v) is 5.56. The zero-order valence-electron chi connectivity index (χ0n) is 13.9. The molecule has 1 heterocycles. The number of fused-ring (bicyclic) bond motifs is 1. The Morgan fingerprint density at radius 1 is 1.28 bits per heavy atom. The van der Waals surface area contributed by atoms with E-state index < -0.39 is 5.60 Å². The Morgan fingerprint density at radius 3 is 2.76 bits per heavy atom. The zero-order valence-corrected chi connectivity index (χ0v) is 15.4. The van der Waals surface area contributed by atoms with Gasteiger partial charge in [-0.25, -0.2) is 0 Å². The molecule has 130 valence electrons. The molecule has 1 atom stereocenters. The topological polar surface area (TPSA) is 58.6 Å². The maximum absolute atomic E-state index is 12.5. The molecule has 0 spiro atoms. The minimum Gasteiger partial charge on any atom is -0.496 e. The number of halogens is 1. The fourth-order valence-electron chi connectivity index (χ4n) is 2.54. The van der Waals surface area contributed by atoms with E-state index in [1.54, 1.807) is 25.1 Å². The standard InChI is InChI=1S/C19H18ClNO3S/c1-19(23,17-9-12-5-3-4-6-16(12)25-17)11-21-18(22)14-10-13(20)7-8-15(14)24-2/h3-10,23H,11H2,1-2H3,(H,21,22). The number of benzene rings is 2. The second-order valence-electron chi connectivity index (χ2n) is 5.95. The normalized spacial score (nSPS) is 13.4. The molecule has 0 aliphatic rings. The number of carbonyl (C=O) groups excluding carboxylic acids is 1. The van der Waals surface area contributed by atoms with Crippen LogP contribution in [0.1, 0.15) is 22.2 Å². The van der Waals surface area contributed by atoms with Gasteiger partial charge in [0.1, 0.15) is 11.4 Å². The van der Waals surface area contributed by atoms with Crippen molar-refractivity contribution in [2.24, 2.45) is 0 Å². The fourth-order valence-corrected chi connectivity index (χ4v) is 3.82. The molecule has 1 amide bonds. The van der Waals surface area contributed by atoms with E-state index in [0.29, 0.717) is 16.3 Å². The van der Waals surface area contributed by atoms with Gasteiger partial charge in [0.05, 0.1) is 19.2 Å². The quantitative estimate of drug-likeness (QED) is 0.702. The van der Waals surface area contributed by atoms with E-state index in [1.807, 2.05) is 30.3 Å². The maximum atomic E-state index is 12.5. The number of amides is 1. The molecule has 0 saturated heterocycles. The van der Waals surface area contributed by atoms with Crippen molar-refractivity contribution in [2.45, 2.75) is 12.5 Å². The number of thiophene rings is 1. The predicted molar refractivity (Wildman–Crippen MR) is 102 cm³/mol. The highest BCUT2D eigenvalue weighted by molar-refractivity contribution is 7.19. The van der Waals surface area contributed by atoms with Crippen LogP contribution in [0, 0.1) is 0 Å². The van der Waals surface area contributed by atoms with Crippen molar-refractivity contribution >= 4 is 38.9 Å². The molecule has 6 heteroatoms. The summed E-state index contributed by atoms with van der Waals surface area (Å²) < 4.78 is 6.30. The van der Waals surface area contributed by atoms with E-state index in [9.17, 15) is 9.90 Å². The van der Waals surface area contributed by atoms with Gasteiger partial charge in [-0.15, -0.1) is 11.3 Å². The van der Waals surface area contributed by atoms with Crippen molar-refractivity contribution in [1.29, 1.82) is 0 Å². The molecule has 3 aromatic rings. The van der Waals surface area contributed by atoms with E-state index in [4.69, 9.17) is 16.3 Å². The van der Waals surface area contributed by atoms with Crippen LogP contribution in [0.25, 0.3) is 10.1 Å². The van der Waals surface area contributed by atoms with Gasteiger partial charge in [-0.05, 0) is 42.6 Å². The first kappa shape index (κ1) is 17.7. The Labute approximate surface area is 155 Å². The first-order valence-electron chi connectivity index (χ1n) is 7.74.